The zero-order valence-corrected chi connectivity index (χ0v) is 13.9. The number of nitrogens with zero attached hydrogens (tertiary/aromatic N) is 2. The first-order valence-corrected chi connectivity index (χ1v) is 7.58. The summed E-state index contributed by atoms with van der Waals surface area (Å²) in [4.78, 5) is 12.4. The summed E-state index contributed by atoms with van der Waals surface area (Å²) >= 11 is 6.82. The highest BCUT2D eigenvalue weighted by Crippen LogP contribution is 2.22. The average Bonchev–Trinajstić information content (AvgIpc) is 2.71. The fourth-order valence-corrected chi connectivity index (χ4v) is 2.85. The number of hydrogen-bond acceptors (Lipinski definition) is 2. The van der Waals surface area contributed by atoms with E-state index in [0.29, 0.717) is 12.1 Å². The van der Waals surface area contributed by atoms with Gasteiger partial charge >= 0.3 is 0 Å². The lowest BCUT2D eigenvalue weighted by atomic mass is 10.1. The molecule has 3 nitrogen and oxygen atoms in total. The lowest BCUT2D eigenvalue weighted by Gasteiger charge is -2.10. The van der Waals surface area contributed by atoms with E-state index in [0.717, 1.165) is 14.5 Å². The van der Waals surface area contributed by atoms with Crippen LogP contribution in [-0.4, -0.2) is 15.6 Å². The van der Waals surface area contributed by atoms with Gasteiger partial charge in [0.05, 0.1) is 10.7 Å². The molecule has 0 saturated carbocycles. The number of carbonyl (C=O) groups is 1. The van der Waals surface area contributed by atoms with Crippen LogP contribution in [0.1, 0.15) is 35.9 Å². The fraction of sp³-hybridized carbons (Fsp3) is 0.286. The molecule has 0 radical (unpaired) electrons. The molecule has 19 heavy (non-hydrogen) atoms. The number of rotatable bonds is 4. The van der Waals surface area contributed by atoms with Crippen LogP contribution in [0.4, 0.5) is 0 Å². The Labute approximate surface area is 129 Å². The highest BCUT2D eigenvalue weighted by atomic mass is 79.9. The summed E-state index contributed by atoms with van der Waals surface area (Å²) in [6, 6.07) is 7.95. The minimum atomic E-state index is 0.0659. The van der Waals surface area contributed by atoms with Gasteiger partial charge in [0.25, 0.3) is 0 Å². The van der Waals surface area contributed by atoms with Crippen LogP contribution in [0.15, 0.2) is 39.4 Å². The van der Waals surface area contributed by atoms with Crippen molar-refractivity contribution in [3.05, 3.63) is 50.7 Å². The third-order valence-electron chi connectivity index (χ3n) is 2.76. The van der Waals surface area contributed by atoms with Gasteiger partial charge in [0.2, 0.25) is 0 Å². The Morgan fingerprint density at radius 3 is 2.74 bits per heavy atom. The Kier molecular flexibility index (Phi) is 4.58. The molecule has 0 fully saturated rings. The number of halogens is 2. The van der Waals surface area contributed by atoms with E-state index in [-0.39, 0.29) is 11.8 Å². The molecule has 0 spiro atoms. The average molecular weight is 386 g/mol. The molecule has 0 atom stereocenters. The van der Waals surface area contributed by atoms with E-state index < -0.39 is 0 Å². The summed E-state index contributed by atoms with van der Waals surface area (Å²) < 4.78 is 3.49. The Hall–Kier alpha value is -0.940. The second-order valence-corrected chi connectivity index (χ2v) is 6.38. The first-order valence-electron chi connectivity index (χ1n) is 5.99. The Bertz CT molecular complexity index is 605. The van der Waals surface area contributed by atoms with E-state index in [4.69, 9.17) is 0 Å². The summed E-state index contributed by atoms with van der Waals surface area (Å²) in [5.41, 5.74) is 1.62. The fourth-order valence-electron chi connectivity index (χ4n) is 1.91. The molecule has 100 valence electrons. The molecule has 0 bridgehead atoms. The van der Waals surface area contributed by atoms with Crippen molar-refractivity contribution >= 4 is 37.6 Å². The van der Waals surface area contributed by atoms with Crippen molar-refractivity contribution in [2.24, 2.45) is 0 Å². The Balaban J connectivity index is 2.28. The smallest absolute Gasteiger partial charge is 0.186 e. The number of ketones is 1. The molecule has 0 aliphatic rings. The van der Waals surface area contributed by atoms with Crippen LogP contribution in [0.2, 0.25) is 0 Å². The summed E-state index contributed by atoms with van der Waals surface area (Å²) in [7, 11) is 0. The van der Waals surface area contributed by atoms with E-state index in [9.17, 15) is 4.79 Å². The summed E-state index contributed by atoms with van der Waals surface area (Å²) in [5, 5.41) is 4.24. The van der Waals surface area contributed by atoms with E-state index in [2.05, 4.69) is 37.0 Å². The van der Waals surface area contributed by atoms with E-state index in [1.807, 2.05) is 38.1 Å². The van der Waals surface area contributed by atoms with Crippen LogP contribution >= 0.6 is 31.9 Å². The van der Waals surface area contributed by atoms with Crippen molar-refractivity contribution in [2.45, 2.75) is 26.3 Å². The van der Waals surface area contributed by atoms with Crippen LogP contribution in [0.5, 0.6) is 0 Å². The topological polar surface area (TPSA) is 34.9 Å². The van der Waals surface area contributed by atoms with Crippen molar-refractivity contribution in [1.82, 2.24) is 9.78 Å². The first-order chi connectivity index (χ1) is 8.99. The van der Waals surface area contributed by atoms with Gasteiger partial charge in [-0.25, -0.2) is 0 Å². The molecule has 1 aromatic heterocycles. The minimum Gasteiger partial charge on any atom is -0.292 e. The van der Waals surface area contributed by atoms with Gasteiger partial charge in [0, 0.05) is 16.9 Å². The second kappa shape index (κ2) is 6.01. The van der Waals surface area contributed by atoms with Crippen molar-refractivity contribution < 1.29 is 4.79 Å². The number of aromatic nitrogens is 2. The van der Waals surface area contributed by atoms with Crippen LogP contribution in [0, 0.1) is 0 Å². The molecule has 0 aliphatic carbocycles. The van der Waals surface area contributed by atoms with Gasteiger partial charge in [0.15, 0.2) is 5.78 Å². The quantitative estimate of drug-likeness (QED) is 0.730. The van der Waals surface area contributed by atoms with E-state index in [1.165, 1.54) is 0 Å². The SMILES string of the molecule is CC(C)n1ncc(Br)c1C(=O)Cc1cccc(Br)c1. The molecule has 0 saturated heterocycles. The molecular formula is C14H14Br2N2O. The minimum absolute atomic E-state index is 0.0659. The number of hydrogen-bond donors (Lipinski definition) is 0. The van der Waals surface area contributed by atoms with Crippen LogP contribution in [-0.2, 0) is 6.42 Å². The van der Waals surface area contributed by atoms with Gasteiger partial charge in [-0.2, -0.15) is 5.10 Å². The number of Topliss-reactive ketones (excluding diaryl/α,β-unsaturated/α-hetero) is 1. The molecule has 1 heterocycles. The van der Waals surface area contributed by atoms with Gasteiger partial charge in [-0.05, 0) is 47.5 Å². The van der Waals surface area contributed by atoms with Crippen molar-refractivity contribution in [3.63, 3.8) is 0 Å². The molecule has 0 aliphatic heterocycles. The molecule has 0 unspecified atom stereocenters. The zero-order valence-electron chi connectivity index (χ0n) is 10.7. The predicted molar refractivity (Wildman–Crippen MR) is 82.5 cm³/mol. The van der Waals surface area contributed by atoms with Crippen LogP contribution < -0.4 is 0 Å². The van der Waals surface area contributed by atoms with Crippen LogP contribution in [0.3, 0.4) is 0 Å². The largest absolute Gasteiger partial charge is 0.292 e. The second-order valence-electron chi connectivity index (χ2n) is 4.61. The van der Waals surface area contributed by atoms with Gasteiger partial charge < -0.3 is 0 Å². The molecule has 1 aromatic carbocycles. The van der Waals surface area contributed by atoms with Crippen molar-refractivity contribution in [3.8, 4) is 0 Å². The van der Waals surface area contributed by atoms with Gasteiger partial charge in [-0.3, -0.25) is 9.48 Å². The zero-order chi connectivity index (χ0) is 14.0. The third kappa shape index (κ3) is 3.34. The van der Waals surface area contributed by atoms with Crippen molar-refractivity contribution in [2.75, 3.05) is 0 Å². The number of benzene rings is 1. The highest BCUT2D eigenvalue weighted by Gasteiger charge is 2.19. The van der Waals surface area contributed by atoms with E-state index >= 15 is 0 Å². The lowest BCUT2D eigenvalue weighted by molar-refractivity contribution is 0.0980. The van der Waals surface area contributed by atoms with E-state index in [1.54, 1.807) is 10.9 Å². The Morgan fingerprint density at radius 2 is 2.11 bits per heavy atom. The lowest BCUT2D eigenvalue weighted by Crippen LogP contribution is -2.14. The number of carbonyl (C=O) groups excluding carboxylic acids is 1. The predicted octanol–water partition coefficient (Wildman–Crippen LogP) is 4.41. The highest BCUT2D eigenvalue weighted by molar-refractivity contribution is 9.10. The normalized spacial score (nSPS) is 11.0. The molecule has 0 N–H and O–H groups in total. The van der Waals surface area contributed by atoms with Crippen LogP contribution in [0.25, 0.3) is 0 Å². The summed E-state index contributed by atoms with van der Waals surface area (Å²) in [5.74, 6) is 0.0659. The first kappa shape index (κ1) is 14.5. The van der Waals surface area contributed by atoms with Gasteiger partial charge in [-0.15, -0.1) is 0 Å². The maximum atomic E-state index is 12.4. The Morgan fingerprint density at radius 1 is 1.37 bits per heavy atom. The third-order valence-corrected chi connectivity index (χ3v) is 3.83. The molecule has 0 amide bonds. The molecule has 5 heteroatoms. The maximum Gasteiger partial charge on any atom is 0.186 e. The molecular weight excluding hydrogens is 372 g/mol. The molecule has 2 rings (SSSR count). The van der Waals surface area contributed by atoms with Crippen molar-refractivity contribution in [1.29, 1.82) is 0 Å². The monoisotopic (exact) mass is 384 g/mol. The van der Waals surface area contributed by atoms with Gasteiger partial charge in [0.1, 0.15) is 5.69 Å². The standard InChI is InChI=1S/C14H14Br2N2O/c1-9(2)18-14(12(16)8-17-18)13(19)7-10-4-3-5-11(15)6-10/h3-6,8-9H,7H2,1-2H3. The summed E-state index contributed by atoms with van der Waals surface area (Å²) in [6.07, 6.45) is 2.05. The maximum absolute atomic E-state index is 12.4. The summed E-state index contributed by atoms with van der Waals surface area (Å²) in [6.45, 7) is 4.02. The van der Waals surface area contributed by atoms with Gasteiger partial charge in [-0.1, -0.05) is 28.1 Å². The molecule has 2 aromatic rings.